The third kappa shape index (κ3) is 6.74. The molecule has 0 fully saturated rings. The molecule has 0 spiro atoms. The second-order valence-corrected chi connectivity index (χ2v) is 9.45. The van der Waals surface area contributed by atoms with Crippen LogP contribution in [0.2, 0.25) is 5.02 Å². The number of methoxy groups -OCH3 is 1. The predicted molar refractivity (Wildman–Crippen MR) is 134 cm³/mol. The van der Waals surface area contributed by atoms with Gasteiger partial charge in [-0.1, -0.05) is 49.3 Å². The molecule has 0 aliphatic rings. The molecular formula is C24H28ClN5O3S. The van der Waals surface area contributed by atoms with Gasteiger partial charge in [0.05, 0.1) is 29.5 Å². The van der Waals surface area contributed by atoms with Crippen molar-refractivity contribution in [2.24, 2.45) is 13.0 Å². The lowest BCUT2D eigenvalue weighted by Gasteiger charge is -2.20. The Labute approximate surface area is 208 Å². The lowest BCUT2D eigenvalue weighted by Crippen LogP contribution is -2.31. The monoisotopic (exact) mass is 501 g/mol. The first-order valence-electron chi connectivity index (χ1n) is 10.8. The highest BCUT2D eigenvalue weighted by atomic mass is 35.5. The number of thioether (sulfide) groups is 1. The lowest BCUT2D eigenvalue weighted by molar-refractivity contribution is -0.113. The van der Waals surface area contributed by atoms with Crippen molar-refractivity contribution in [1.82, 2.24) is 20.1 Å². The summed E-state index contributed by atoms with van der Waals surface area (Å²) in [5.41, 5.74) is 1.09. The predicted octanol–water partition coefficient (Wildman–Crippen LogP) is 4.73. The number of amides is 2. The lowest BCUT2D eigenvalue weighted by atomic mass is 10.0. The van der Waals surface area contributed by atoms with E-state index in [9.17, 15) is 9.59 Å². The summed E-state index contributed by atoms with van der Waals surface area (Å²) in [5, 5.41) is 15.4. The highest BCUT2D eigenvalue weighted by Gasteiger charge is 2.24. The van der Waals surface area contributed by atoms with E-state index in [-0.39, 0.29) is 23.6 Å². The van der Waals surface area contributed by atoms with Gasteiger partial charge in [-0.15, -0.1) is 10.2 Å². The van der Waals surface area contributed by atoms with E-state index >= 15 is 0 Å². The molecule has 0 aliphatic heterocycles. The fraction of sp³-hybridized carbons (Fsp3) is 0.333. The smallest absolute Gasteiger partial charge is 0.253 e. The Kier molecular flexibility index (Phi) is 8.95. The number of ether oxygens (including phenoxy) is 1. The number of rotatable bonds is 10. The van der Waals surface area contributed by atoms with Crippen molar-refractivity contribution in [3.8, 4) is 5.75 Å². The summed E-state index contributed by atoms with van der Waals surface area (Å²) in [7, 11) is 3.42. The first kappa shape index (κ1) is 25.6. The van der Waals surface area contributed by atoms with Gasteiger partial charge in [0.15, 0.2) is 11.0 Å². The summed E-state index contributed by atoms with van der Waals surface area (Å²) in [6.45, 7) is 4.15. The molecule has 0 unspecified atom stereocenters. The van der Waals surface area contributed by atoms with Crippen molar-refractivity contribution in [3.63, 3.8) is 0 Å². The minimum absolute atomic E-state index is 0.162. The molecule has 3 aromatic rings. The van der Waals surface area contributed by atoms with Crippen LogP contribution in [0, 0.1) is 5.92 Å². The van der Waals surface area contributed by atoms with Crippen molar-refractivity contribution in [1.29, 1.82) is 0 Å². The average molecular weight is 502 g/mol. The molecule has 2 aromatic carbocycles. The standard InChI is InChI=1S/C24H28ClN5O3S/c1-15(2)13-20(27-23(32)18-7-5-6-8-19(18)25)22-28-29-24(30(22)3)34-14-21(31)26-16-9-11-17(33-4)12-10-16/h5-12,15,20H,13-14H2,1-4H3,(H,26,31)(H,27,32)/t20-/m1/s1. The van der Waals surface area contributed by atoms with Crippen molar-refractivity contribution >= 4 is 40.9 Å². The summed E-state index contributed by atoms with van der Waals surface area (Å²) in [6, 6.07) is 13.7. The van der Waals surface area contributed by atoms with E-state index < -0.39 is 0 Å². The van der Waals surface area contributed by atoms with Gasteiger partial charge < -0.3 is 19.9 Å². The van der Waals surface area contributed by atoms with Crippen LogP contribution in [0.1, 0.15) is 42.5 Å². The van der Waals surface area contributed by atoms with E-state index in [0.29, 0.717) is 39.6 Å². The third-order valence-corrected chi connectivity index (χ3v) is 6.37. The van der Waals surface area contributed by atoms with Gasteiger partial charge in [-0.2, -0.15) is 0 Å². The summed E-state index contributed by atoms with van der Waals surface area (Å²) in [5.74, 6) is 1.37. The topological polar surface area (TPSA) is 98.1 Å². The summed E-state index contributed by atoms with van der Waals surface area (Å²) < 4.78 is 6.94. The number of hydrogen-bond acceptors (Lipinski definition) is 6. The van der Waals surface area contributed by atoms with Crippen molar-refractivity contribution in [2.45, 2.75) is 31.5 Å². The van der Waals surface area contributed by atoms with E-state index in [2.05, 4.69) is 34.7 Å². The van der Waals surface area contributed by atoms with E-state index in [0.717, 1.165) is 5.75 Å². The SMILES string of the molecule is COc1ccc(NC(=O)CSc2nnc([C@@H](CC(C)C)NC(=O)c3ccccc3Cl)n2C)cc1. The van der Waals surface area contributed by atoms with Crippen LogP contribution in [-0.4, -0.2) is 39.4 Å². The zero-order valence-corrected chi connectivity index (χ0v) is 21.1. The molecule has 1 heterocycles. The van der Waals surface area contributed by atoms with Gasteiger partial charge >= 0.3 is 0 Å². The van der Waals surface area contributed by atoms with Crippen molar-refractivity contribution in [2.75, 3.05) is 18.2 Å². The maximum absolute atomic E-state index is 12.9. The molecule has 1 atom stereocenters. The molecule has 3 rings (SSSR count). The van der Waals surface area contributed by atoms with E-state index in [1.54, 1.807) is 55.6 Å². The van der Waals surface area contributed by atoms with Crippen molar-refractivity contribution < 1.29 is 14.3 Å². The molecule has 0 saturated heterocycles. The quantitative estimate of drug-likeness (QED) is 0.390. The maximum atomic E-state index is 12.9. The molecule has 2 amide bonds. The number of nitrogens with zero attached hydrogens (tertiary/aromatic N) is 3. The van der Waals surface area contributed by atoms with Crippen LogP contribution >= 0.6 is 23.4 Å². The molecule has 1 aromatic heterocycles. The second-order valence-electron chi connectivity index (χ2n) is 8.10. The number of hydrogen-bond donors (Lipinski definition) is 2. The fourth-order valence-corrected chi connectivity index (χ4v) is 4.28. The summed E-state index contributed by atoms with van der Waals surface area (Å²) in [6.07, 6.45) is 0.671. The molecular weight excluding hydrogens is 474 g/mol. The molecule has 2 N–H and O–H groups in total. The van der Waals surface area contributed by atoms with E-state index in [1.807, 2.05) is 11.6 Å². The van der Waals surface area contributed by atoms with Crippen LogP contribution in [0.25, 0.3) is 0 Å². The highest BCUT2D eigenvalue weighted by molar-refractivity contribution is 7.99. The Hall–Kier alpha value is -3.04. The first-order valence-corrected chi connectivity index (χ1v) is 12.2. The molecule has 8 nitrogen and oxygen atoms in total. The molecule has 0 bridgehead atoms. The summed E-state index contributed by atoms with van der Waals surface area (Å²) in [4.78, 5) is 25.2. The van der Waals surface area contributed by atoms with E-state index in [1.165, 1.54) is 11.8 Å². The minimum Gasteiger partial charge on any atom is -0.497 e. The zero-order valence-electron chi connectivity index (χ0n) is 19.5. The molecule has 0 radical (unpaired) electrons. The minimum atomic E-state index is -0.358. The average Bonchev–Trinajstić information content (AvgIpc) is 3.18. The zero-order chi connectivity index (χ0) is 24.7. The van der Waals surface area contributed by atoms with Crippen LogP contribution in [-0.2, 0) is 11.8 Å². The Morgan fingerprint density at radius 3 is 2.47 bits per heavy atom. The second kappa shape index (κ2) is 11.9. The van der Waals surface area contributed by atoms with Crippen LogP contribution < -0.4 is 15.4 Å². The fourth-order valence-electron chi connectivity index (χ4n) is 3.34. The Balaban J connectivity index is 1.67. The molecule has 10 heteroatoms. The number of anilines is 1. The highest BCUT2D eigenvalue weighted by Crippen LogP contribution is 2.25. The molecule has 0 aliphatic carbocycles. The number of nitrogens with one attached hydrogen (secondary N) is 2. The molecule has 180 valence electrons. The van der Waals surface area contributed by atoms with Gasteiger partial charge in [0, 0.05) is 12.7 Å². The molecule has 34 heavy (non-hydrogen) atoms. The van der Waals surface area contributed by atoms with Gasteiger partial charge in [0.1, 0.15) is 5.75 Å². The number of carbonyl (C=O) groups is 2. The maximum Gasteiger partial charge on any atom is 0.253 e. The van der Waals surface area contributed by atoms with Gasteiger partial charge in [0.2, 0.25) is 5.91 Å². The van der Waals surface area contributed by atoms with Crippen LogP contribution in [0.3, 0.4) is 0 Å². The van der Waals surface area contributed by atoms with Gasteiger partial charge in [-0.05, 0) is 48.7 Å². The van der Waals surface area contributed by atoms with Crippen molar-refractivity contribution in [3.05, 3.63) is 64.9 Å². The number of benzene rings is 2. The van der Waals surface area contributed by atoms with E-state index in [4.69, 9.17) is 16.3 Å². The Morgan fingerprint density at radius 2 is 1.82 bits per heavy atom. The Bertz CT molecular complexity index is 1130. The summed E-state index contributed by atoms with van der Waals surface area (Å²) >= 11 is 7.47. The van der Waals surface area contributed by atoms with Gasteiger partial charge in [-0.25, -0.2) is 0 Å². The third-order valence-electron chi connectivity index (χ3n) is 5.02. The largest absolute Gasteiger partial charge is 0.497 e. The normalized spacial score (nSPS) is 11.8. The van der Waals surface area contributed by atoms with Gasteiger partial charge in [-0.3, -0.25) is 9.59 Å². The van der Waals surface area contributed by atoms with Crippen LogP contribution in [0.15, 0.2) is 53.7 Å². The van der Waals surface area contributed by atoms with Crippen LogP contribution in [0.4, 0.5) is 5.69 Å². The first-order chi connectivity index (χ1) is 16.3. The number of aromatic nitrogens is 3. The number of halogens is 1. The molecule has 0 saturated carbocycles. The Morgan fingerprint density at radius 1 is 1.12 bits per heavy atom. The van der Waals surface area contributed by atoms with Gasteiger partial charge in [0.25, 0.3) is 5.91 Å². The number of carbonyl (C=O) groups excluding carboxylic acids is 2. The van der Waals surface area contributed by atoms with Crippen LogP contribution in [0.5, 0.6) is 5.75 Å².